The lowest BCUT2D eigenvalue weighted by Crippen LogP contribution is -2.58. The average molecular weight is 332 g/mol. The van der Waals surface area contributed by atoms with E-state index in [9.17, 15) is 14.7 Å². The van der Waals surface area contributed by atoms with Crippen molar-refractivity contribution in [3.05, 3.63) is 29.3 Å². The predicted octanol–water partition coefficient (Wildman–Crippen LogP) is 0.654. The number of carbonyl (C=O) groups is 2. The van der Waals surface area contributed by atoms with Crippen LogP contribution in [0.25, 0.3) is 0 Å². The monoisotopic (exact) mass is 332 g/mol. The Bertz CT molecular complexity index is 646. The fraction of sp³-hybridized carbons (Fsp3) is 0.556. The SMILES string of the molecule is CC(=O)N1CCC[C@](O)(C(=O)NCCc2ccc3c(c2)CCO3)C1. The second-order valence-electron chi connectivity index (χ2n) is 6.62. The molecule has 1 aromatic carbocycles. The molecule has 24 heavy (non-hydrogen) atoms. The standard InChI is InChI=1S/C18H24N2O4/c1-13(21)20-9-2-7-18(23,12-20)17(22)19-8-5-14-3-4-16-15(11-14)6-10-24-16/h3-4,11,23H,2,5-10,12H2,1H3,(H,19,22)/t18-/m1/s1. The average Bonchev–Trinajstić information content (AvgIpc) is 3.02. The quantitative estimate of drug-likeness (QED) is 0.849. The molecule has 1 saturated heterocycles. The Balaban J connectivity index is 1.52. The first-order chi connectivity index (χ1) is 11.5. The van der Waals surface area contributed by atoms with Crippen LogP contribution in [0.1, 0.15) is 30.9 Å². The van der Waals surface area contributed by atoms with Gasteiger partial charge in [0.25, 0.3) is 5.91 Å². The Kier molecular flexibility index (Phi) is 4.76. The van der Waals surface area contributed by atoms with Crippen molar-refractivity contribution >= 4 is 11.8 Å². The summed E-state index contributed by atoms with van der Waals surface area (Å²) in [6, 6.07) is 6.09. The van der Waals surface area contributed by atoms with Gasteiger partial charge in [-0.2, -0.15) is 0 Å². The summed E-state index contributed by atoms with van der Waals surface area (Å²) < 4.78 is 5.48. The van der Waals surface area contributed by atoms with Gasteiger partial charge in [0.05, 0.1) is 13.2 Å². The van der Waals surface area contributed by atoms with Crippen LogP contribution in [-0.4, -0.2) is 53.7 Å². The molecule has 3 rings (SSSR count). The van der Waals surface area contributed by atoms with Crippen LogP contribution in [0.2, 0.25) is 0 Å². The van der Waals surface area contributed by atoms with Crippen LogP contribution < -0.4 is 10.1 Å². The highest BCUT2D eigenvalue weighted by atomic mass is 16.5. The molecule has 0 aromatic heterocycles. The van der Waals surface area contributed by atoms with E-state index in [1.165, 1.54) is 17.4 Å². The molecule has 0 unspecified atom stereocenters. The molecule has 0 aliphatic carbocycles. The van der Waals surface area contributed by atoms with E-state index in [0.717, 1.165) is 24.3 Å². The topological polar surface area (TPSA) is 78.9 Å². The van der Waals surface area contributed by atoms with Gasteiger partial charge in [0.15, 0.2) is 5.60 Å². The summed E-state index contributed by atoms with van der Waals surface area (Å²) in [5, 5.41) is 13.4. The van der Waals surface area contributed by atoms with E-state index in [2.05, 4.69) is 11.4 Å². The fourth-order valence-electron chi connectivity index (χ4n) is 3.37. The van der Waals surface area contributed by atoms with Crippen LogP contribution in [-0.2, 0) is 22.4 Å². The summed E-state index contributed by atoms with van der Waals surface area (Å²) in [5.41, 5.74) is 0.873. The molecule has 6 nitrogen and oxygen atoms in total. The number of fused-ring (bicyclic) bond motifs is 1. The second-order valence-corrected chi connectivity index (χ2v) is 6.62. The Labute approximate surface area is 141 Å². The maximum absolute atomic E-state index is 12.3. The molecule has 1 atom stereocenters. The van der Waals surface area contributed by atoms with Crippen molar-refractivity contribution in [2.24, 2.45) is 0 Å². The Morgan fingerprint density at radius 2 is 2.25 bits per heavy atom. The zero-order valence-electron chi connectivity index (χ0n) is 14.0. The third kappa shape index (κ3) is 3.53. The molecule has 2 amide bonds. The molecule has 1 aromatic rings. The number of likely N-dealkylation sites (tertiary alicyclic amines) is 1. The van der Waals surface area contributed by atoms with Gasteiger partial charge in [-0.1, -0.05) is 12.1 Å². The number of β-amino-alcohol motifs (C(OH)–C–C–N with tert-alkyl or cyclic N) is 1. The number of nitrogens with zero attached hydrogens (tertiary/aromatic N) is 1. The van der Waals surface area contributed by atoms with Crippen LogP contribution in [0.5, 0.6) is 5.75 Å². The molecule has 0 saturated carbocycles. The summed E-state index contributed by atoms with van der Waals surface area (Å²) >= 11 is 0. The van der Waals surface area contributed by atoms with Gasteiger partial charge < -0.3 is 20.1 Å². The first-order valence-electron chi connectivity index (χ1n) is 8.49. The van der Waals surface area contributed by atoms with E-state index in [1.54, 1.807) is 0 Å². The van der Waals surface area contributed by atoms with Crippen LogP contribution in [0.15, 0.2) is 18.2 Å². The number of amides is 2. The largest absolute Gasteiger partial charge is 0.493 e. The highest BCUT2D eigenvalue weighted by molar-refractivity contribution is 5.86. The van der Waals surface area contributed by atoms with E-state index >= 15 is 0 Å². The molecule has 1 fully saturated rings. The van der Waals surface area contributed by atoms with E-state index in [1.807, 2.05) is 12.1 Å². The number of ether oxygens (including phenoxy) is 1. The number of carbonyl (C=O) groups excluding carboxylic acids is 2. The normalized spacial score (nSPS) is 22.7. The maximum Gasteiger partial charge on any atom is 0.253 e. The van der Waals surface area contributed by atoms with Crippen LogP contribution in [0.3, 0.4) is 0 Å². The second kappa shape index (κ2) is 6.81. The van der Waals surface area contributed by atoms with Gasteiger partial charge in [0, 0.05) is 26.4 Å². The number of hydrogen-bond acceptors (Lipinski definition) is 4. The van der Waals surface area contributed by atoms with E-state index < -0.39 is 11.5 Å². The summed E-state index contributed by atoms with van der Waals surface area (Å²) in [6.45, 7) is 3.32. The Hall–Kier alpha value is -2.08. The van der Waals surface area contributed by atoms with Crippen molar-refractivity contribution in [2.75, 3.05) is 26.2 Å². The number of benzene rings is 1. The highest BCUT2D eigenvalue weighted by Gasteiger charge is 2.40. The van der Waals surface area contributed by atoms with Crippen molar-refractivity contribution < 1.29 is 19.4 Å². The number of piperidine rings is 1. The van der Waals surface area contributed by atoms with Crippen molar-refractivity contribution in [1.29, 1.82) is 0 Å². The molecule has 2 aliphatic rings. The molecule has 6 heteroatoms. The minimum Gasteiger partial charge on any atom is -0.493 e. The zero-order chi connectivity index (χ0) is 17.2. The molecular formula is C18H24N2O4. The van der Waals surface area contributed by atoms with Crippen LogP contribution in [0.4, 0.5) is 0 Å². The summed E-state index contributed by atoms with van der Waals surface area (Å²) in [6.07, 6.45) is 2.65. The van der Waals surface area contributed by atoms with Gasteiger partial charge in [-0.15, -0.1) is 0 Å². The first-order valence-corrected chi connectivity index (χ1v) is 8.49. The van der Waals surface area contributed by atoms with Crippen molar-refractivity contribution in [1.82, 2.24) is 10.2 Å². The smallest absolute Gasteiger partial charge is 0.253 e. The minimum atomic E-state index is -1.48. The summed E-state index contributed by atoms with van der Waals surface area (Å²) in [7, 11) is 0. The number of hydrogen-bond donors (Lipinski definition) is 2. The molecular weight excluding hydrogens is 308 g/mol. The Morgan fingerprint density at radius 3 is 3.04 bits per heavy atom. The van der Waals surface area contributed by atoms with Gasteiger partial charge in [-0.25, -0.2) is 0 Å². The number of aliphatic hydroxyl groups is 1. The molecule has 2 N–H and O–H groups in total. The minimum absolute atomic E-state index is 0.0738. The maximum atomic E-state index is 12.3. The lowest BCUT2D eigenvalue weighted by molar-refractivity contribution is -0.150. The third-order valence-electron chi connectivity index (χ3n) is 4.79. The Morgan fingerprint density at radius 1 is 1.42 bits per heavy atom. The number of rotatable bonds is 4. The summed E-state index contributed by atoms with van der Waals surface area (Å²) in [5.74, 6) is 0.447. The van der Waals surface area contributed by atoms with Gasteiger partial charge in [-0.05, 0) is 36.5 Å². The third-order valence-corrected chi connectivity index (χ3v) is 4.79. The molecule has 2 aliphatic heterocycles. The zero-order valence-corrected chi connectivity index (χ0v) is 14.0. The summed E-state index contributed by atoms with van der Waals surface area (Å²) in [4.78, 5) is 25.4. The molecule has 130 valence electrons. The lowest BCUT2D eigenvalue weighted by atomic mass is 9.91. The van der Waals surface area contributed by atoms with Gasteiger partial charge >= 0.3 is 0 Å². The molecule has 0 bridgehead atoms. The van der Waals surface area contributed by atoms with Crippen molar-refractivity contribution in [2.45, 2.75) is 38.2 Å². The van der Waals surface area contributed by atoms with Gasteiger partial charge in [0.2, 0.25) is 5.91 Å². The van der Waals surface area contributed by atoms with Crippen molar-refractivity contribution in [3.8, 4) is 5.75 Å². The van der Waals surface area contributed by atoms with E-state index in [-0.39, 0.29) is 12.5 Å². The van der Waals surface area contributed by atoms with Gasteiger partial charge in [0.1, 0.15) is 5.75 Å². The van der Waals surface area contributed by atoms with E-state index in [0.29, 0.717) is 32.4 Å². The highest BCUT2D eigenvalue weighted by Crippen LogP contribution is 2.26. The van der Waals surface area contributed by atoms with Gasteiger partial charge in [-0.3, -0.25) is 9.59 Å². The van der Waals surface area contributed by atoms with Crippen LogP contribution >= 0.6 is 0 Å². The van der Waals surface area contributed by atoms with E-state index in [4.69, 9.17) is 4.74 Å². The number of nitrogens with one attached hydrogen (secondary N) is 1. The molecule has 0 spiro atoms. The first kappa shape index (κ1) is 16.8. The van der Waals surface area contributed by atoms with Crippen molar-refractivity contribution in [3.63, 3.8) is 0 Å². The lowest BCUT2D eigenvalue weighted by Gasteiger charge is -2.37. The van der Waals surface area contributed by atoms with Crippen LogP contribution in [0, 0.1) is 0 Å². The molecule has 2 heterocycles. The predicted molar refractivity (Wildman–Crippen MR) is 88.8 cm³/mol. The fourth-order valence-corrected chi connectivity index (χ4v) is 3.37. The molecule has 0 radical (unpaired) electrons.